The third-order valence-electron chi connectivity index (χ3n) is 6.67. The summed E-state index contributed by atoms with van der Waals surface area (Å²) in [5, 5.41) is 11.4. The summed E-state index contributed by atoms with van der Waals surface area (Å²) in [6.45, 7) is 6.83. The van der Waals surface area contributed by atoms with Crippen LogP contribution in [0.25, 0.3) is 16.6 Å². The maximum Gasteiger partial charge on any atom is 0.270 e. The Kier molecular flexibility index (Phi) is 6.24. The highest BCUT2D eigenvalue weighted by atomic mass is 19.1. The van der Waals surface area contributed by atoms with Gasteiger partial charge in [-0.2, -0.15) is 0 Å². The Bertz CT molecular complexity index is 1500. The zero-order chi connectivity index (χ0) is 25.4. The molecule has 0 amide bonds. The largest absolute Gasteiger partial charge is 0.366 e. The van der Waals surface area contributed by atoms with E-state index in [0.717, 1.165) is 19.6 Å². The second-order valence-electron chi connectivity index (χ2n) is 9.19. The molecule has 1 atom stereocenters. The molecule has 9 heteroatoms. The maximum absolute atomic E-state index is 14.8. The van der Waals surface area contributed by atoms with Crippen LogP contribution >= 0.6 is 0 Å². The number of halogens is 1. The number of aromatic nitrogens is 2. The van der Waals surface area contributed by atoms with Gasteiger partial charge in [-0.05, 0) is 44.2 Å². The van der Waals surface area contributed by atoms with Crippen LogP contribution in [0.15, 0.2) is 71.5 Å². The molecule has 8 nitrogen and oxygen atoms in total. The van der Waals surface area contributed by atoms with Crippen LogP contribution in [-0.2, 0) is 6.54 Å². The lowest BCUT2D eigenvalue weighted by molar-refractivity contribution is -0.384. The molecule has 0 radical (unpaired) electrons. The monoisotopic (exact) mass is 487 g/mol. The van der Waals surface area contributed by atoms with Gasteiger partial charge in [0.2, 0.25) is 0 Å². The number of hydrogen-bond acceptors (Lipinski definition) is 6. The number of para-hydroxylation sites is 1. The zero-order valence-corrected chi connectivity index (χ0v) is 20.1. The van der Waals surface area contributed by atoms with E-state index in [1.165, 1.54) is 46.1 Å². The highest BCUT2D eigenvalue weighted by Crippen LogP contribution is 2.24. The average Bonchev–Trinajstić information content (AvgIpc) is 2.86. The third-order valence-corrected chi connectivity index (χ3v) is 6.67. The predicted octanol–water partition coefficient (Wildman–Crippen LogP) is 4.45. The standard InChI is InChI=1S/C27H26FN5O3/c1-18-7-9-20(10-8-18)31-14-13-30(16-19(31)2)17-26-29-24-12-11-21(33(35)36)15-22(24)27(34)32(26)25-6-4-3-5-23(25)28/h3-12,15,19H,13-14,16-17H2,1-2H3/t19-/m1/s1. The van der Waals surface area contributed by atoms with Crippen LogP contribution in [0.5, 0.6) is 0 Å². The van der Waals surface area contributed by atoms with Crippen LogP contribution in [0.3, 0.4) is 0 Å². The van der Waals surface area contributed by atoms with Gasteiger partial charge in [-0.25, -0.2) is 9.37 Å². The molecule has 36 heavy (non-hydrogen) atoms. The fourth-order valence-electron chi connectivity index (χ4n) is 4.82. The van der Waals surface area contributed by atoms with Crippen molar-refractivity contribution in [3.63, 3.8) is 0 Å². The van der Waals surface area contributed by atoms with Gasteiger partial charge in [-0.15, -0.1) is 0 Å². The number of hydrogen-bond donors (Lipinski definition) is 0. The fraction of sp³-hybridized carbons (Fsp3) is 0.259. The molecule has 1 aromatic heterocycles. The molecular formula is C27H26FN5O3. The van der Waals surface area contributed by atoms with E-state index < -0.39 is 16.3 Å². The lowest BCUT2D eigenvalue weighted by Crippen LogP contribution is -2.52. The van der Waals surface area contributed by atoms with E-state index in [2.05, 4.69) is 52.9 Å². The summed E-state index contributed by atoms with van der Waals surface area (Å²) >= 11 is 0. The van der Waals surface area contributed by atoms with Crippen molar-refractivity contribution >= 4 is 22.3 Å². The number of nitro benzene ring substituents is 1. The number of rotatable bonds is 5. The van der Waals surface area contributed by atoms with E-state index in [9.17, 15) is 19.3 Å². The van der Waals surface area contributed by atoms with Crippen molar-refractivity contribution in [3.8, 4) is 5.69 Å². The first-order chi connectivity index (χ1) is 17.3. The van der Waals surface area contributed by atoms with Crippen molar-refractivity contribution in [1.29, 1.82) is 0 Å². The van der Waals surface area contributed by atoms with Crippen LogP contribution in [0.1, 0.15) is 18.3 Å². The molecule has 1 fully saturated rings. The summed E-state index contributed by atoms with van der Waals surface area (Å²) in [7, 11) is 0. The topological polar surface area (TPSA) is 84.5 Å². The minimum Gasteiger partial charge on any atom is -0.366 e. The number of aryl methyl sites for hydroxylation is 1. The Morgan fingerprint density at radius 2 is 1.83 bits per heavy atom. The molecule has 5 rings (SSSR count). The average molecular weight is 488 g/mol. The van der Waals surface area contributed by atoms with Crippen molar-refractivity contribution in [1.82, 2.24) is 14.5 Å². The van der Waals surface area contributed by atoms with Gasteiger partial charge in [0.05, 0.1) is 28.1 Å². The third kappa shape index (κ3) is 4.45. The Hall–Kier alpha value is -4.11. The highest BCUT2D eigenvalue weighted by molar-refractivity contribution is 5.80. The van der Waals surface area contributed by atoms with Crippen molar-refractivity contribution in [2.24, 2.45) is 0 Å². The molecule has 0 aliphatic carbocycles. The van der Waals surface area contributed by atoms with Gasteiger partial charge < -0.3 is 4.90 Å². The molecule has 1 saturated heterocycles. The molecule has 0 spiro atoms. The number of anilines is 1. The Balaban J connectivity index is 1.52. The molecule has 1 aliphatic rings. The van der Waals surface area contributed by atoms with Crippen molar-refractivity contribution in [2.75, 3.05) is 24.5 Å². The summed E-state index contributed by atoms with van der Waals surface area (Å²) in [5.74, 6) is -0.174. The molecule has 2 heterocycles. The normalized spacial score (nSPS) is 16.4. The van der Waals surface area contributed by atoms with E-state index >= 15 is 0 Å². The van der Waals surface area contributed by atoms with E-state index in [1.807, 2.05) is 0 Å². The molecule has 0 bridgehead atoms. The minimum absolute atomic E-state index is 0.0738. The summed E-state index contributed by atoms with van der Waals surface area (Å²) in [6.07, 6.45) is 0. The molecule has 4 aromatic rings. The number of piperazine rings is 1. The maximum atomic E-state index is 14.8. The summed E-state index contributed by atoms with van der Waals surface area (Å²) in [5.41, 5.74) is 2.06. The van der Waals surface area contributed by atoms with E-state index in [0.29, 0.717) is 17.9 Å². The molecular weight excluding hydrogens is 461 g/mol. The Morgan fingerprint density at radius 3 is 2.53 bits per heavy atom. The van der Waals surface area contributed by atoms with Crippen molar-refractivity contribution in [2.45, 2.75) is 26.4 Å². The fourth-order valence-corrected chi connectivity index (χ4v) is 4.82. The lowest BCUT2D eigenvalue weighted by atomic mass is 10.1. The zero-order valence-electron chi connectivity index (χ0n) is 20.1. The Morgan fingerprint density at radius 1 is 1.08 bits per heavy atom. The molecule has 3 aromatic carbocycles. The number of benzene rings is 3. The first-order valence-corrected chi connectivity index (χ1v) is 11.8. The van der Waals surface area contributed by atoms with Crippen molar-refractivity contribution < 1.29 is 9.31 Å². The van der Waals surface area contributed by atoms with Crippen LogP contribution in [0.2, 0.25) is 0 Å². The molecule has 0 saturated carbocycles. The van der Waals surface area contributed by atoms with Gasteiger partial charge in [0.15, 0.2) is 0 Å². The summed E-state index contributed by atoms with van der Waals surface area (Å²) in [6, 6.07) is 18.7. The van der Waals surface area contributed by atoms with E-state index in [-0.39, 0.29) is 22.8 Å². The number of nitrogens with zero attached hydrogens (tertiary/aromatic N) is 5. The second-order valence-corrected chi connectivity index (χ2v) is 9.19. The van der Waals surface area contributed by atoms with Crippen LogP contribution < -0.4 is 10.5 Å². The van der Waals surface area contributed by atoms with Gasteiger partial charge in [0, 0.05) is 43.5 Å². The highest BCUT2D eigenvalue weighted by Gasteiger charge is 2.26. The van der Waals surface area contributed by atoms with Crippen LogP contribution in [0, 0.1) is 22.9 Å². The quantitative estimate of drug-likeness (QED) is 0.305. The first-order valence-electron chi connectivity index (χ1n) is 11.8. The smallest absolute Gasteiger partial charge is 0.270 e. The van der Waals surface area contributed by atoms with Gasteiger partial charge in [0.1, 0.15) is 11.6 Å². The Labute approximate surface area is 207 Å². The van der Waals surface area contributed by atoms with Crippen LogP contribution in [-0.4, -0.2) is 45.1 Å². The van der Waals surface area contributed by atoms with E-state index in [1.54, 1.807) is 12.1 Å². The van der Waals surface area contributed by atoms with Gasteiger partial charge >= 0.3 is 0 Å². The second kappa shape index (κ2) is 9.50. The lowest BCUT2D eigenvalue weighted by Gasteiger charge is -2.41. The predicted molar refractivity (Wildman–Crippen MR) is 137 cm³/mol. The summed E-state index contributed by atoms with van der Waals surface area (Å²) in [4.78, 5) is 33.5. The molecule has 184 valence electrons. The number of non-ortho nitro benzene ring substituents is 1. The van der Waals surface area contributed by atoms with Crippen molar-refractivity contribution in [3.05, 3.63) is 104 Å². The SMILES string of the molecule is Cc1ccc(N2CCN(Cc3nc4ccc([N+](=O)[O-])cc4c(=O)n3-c3ccccc3F)C[C@H]2C)cc1. The molecule has 1 aliphatic heterocycles. The summed E-state index contributed by atoms with van der Waals surface area (Å²) < 4.78 is 16.1. The number of nitro groups is 1. The van der Waals surface area contributed by atoms with Crippen LogP contribution in [0.4, 0.5) is 15.8 Å². The molecule has 0 N–H and O–H groups in total. The number of fused-ring (bicyclic) bond motifs is 1. The van der Waals surface area contributed by atoms with E-state index in [4.69, 9.17) is 0 Å². The van der Waals surface area contributed by atoms with Gasteiger partial charge in [-0.3, -0.25) is 24.4 Å². The van der Waals surface area contributed by atoms with Gasteiger partial charge in [-0.1, -0.05) is 29.8 Å². The first kappa shape index (κ1) is 23.6. The van der Waals surface area contributed by atoms with Gasteiger partial charge in [0.25, 0.3) is 11.2 Å². The molecule has 0 unspecified atom stereocenters. The minimum atomic E-state index is -0.565.